The average molecular weight is 433 g/mol. The Bertz CT molecular complexity index is 1430. The molecule has 0 saturated heterocycles. The Kier molecular flexibility index (Phi) is 4.78. The van der Waals surface area contributed by atoms with Crippen LogP contribution in [0.15, 0.2) is 64.2 Å². The molecule has 0 saturated carbocycles. The van der Waals surface area contributed by atoms with Crippen LogP contribution in [0.2, 0.25) is 0 Å². The van der Waals surface area contributed by atoms with Gasteiger partial charge in [-0.05, 0) is 48.9 Å². The fraction of sp³-hybridized carbons (Fsp3) is 0.217. The first kappa shape index (κ1) is 19.4. The molecule has 8 heteroatoms. The Labute approximate surface area is 181 Å². The summed E-state index contributed by atoms with van der Waals surface area (Å²) in [6.45, 7) is 0.156. The quantitative estimate of drug-likeness (QED) is 0.359. The Morgan fingerprint density at radius 1 is 1.00 bits per heavy atom. The van der Waals surface area contributed by atoms with Crippen LogP contribution in [-0.2, 0) is 19.4 Å². The fourth-order valence-electron chi connectivity index (χ4n) is 4.26. The minimum Gasteiger partial charge on any atom is -0.279 e. The molecule has 0 atom stereocenters. The highest BCUT2D eigenvalue weighted by atomic mass is 32.1. The summed E-state index contributed by atoms with van der Waals surface area (Å²) in [5.41, 5.74) is 1.46. The maximum absolute atomic E-state index is 13.5. The molecule has 4 aromatic rings. The molecule has 0 amide bonds. The molecule has 0 spiro atoms. The molecule has 7 nitrogen and oxygen atoms in total. The number of benzene rings is 2. The van der Waals surface area contributed by atoms with Crippen molar-refractivity contribution in [3.8, 4) is 5.69 Å². The van der Waals surface area contributed by atoms with Crippen LogP contribution in [0.5, 0.6) is 0 Å². The van der Waals surface area contributed by atoms with Gasteiger partial charge in [-0.25, -0.2) is 9.36 Å². The largest absolute Gasteiger partial charge is 0.337 e. The summed E-state index contributed by atoms with van der Waals surface area (Å²) in [4.78, 5) is 39.6. The Morgan fingerprint density at radius 3 is 2.55 bits per heavy atom. The van der Waals surface area contributed by atoms with E-state index in [1.807, 2.05) is 6.07 Å². The number of nitro benzene ring substituents is 1. The van der Waals surface area contributed by atoms with Crippen LogP contribution in [0.1, 0.15) is 28.8 Å². The van der Waals surface area contributed by atoms with Gasteiger partial charge >= 0.3 is 5.69 Å². The van der Waals surface area contributed by atoms with Gasteiger partial charge in [-0.3, -0.25) is 19.5 Å². The molecule has 0 radical (unpaired) electrons. The third kappa shape index (κ3) is 3.29. The Hall–Kier alpha value is -3.52. The maximum Gasteiger partial charge on any atom is 0.337 e. The summed E-state index contributed by atoms with van der Waals surface area (Å²) in [6.07, 6.45) is 3.83. The van der Waals surface area contributed by atoms with Gasteiger partial charge < -0.3 is 0 Å². The van der Waals surface area contributed by atoms with E-state index in [2.05, 4.69) is 0 Å². The minimum atomic E-state index is -0.448. The number of aromatic nitrogens is 2. The standard InChI is InChI=1S/C23H19N3O4S/c27-21-20-18-11-4-5-12-19(18)31-22(20)24(14-15-7-6-10-17(13-15)26(29)30)23(28)25(21)16-8-2-1-3-9-16/h1-3,6-10,13H,4-5,11-12,14H2. The van der Waals surface area contributed by atoms with E-state index in [-0.39, 0.29) is 17.8 Å². The van der Waals surface area contributed by atoms with E-state index in [1.54, 1.807) is 41.0 Å². The fourth-order valence-corrected chi connectivity index (χ4v) is 5.64. The first-order chi connectivity index (χ1) is 15.0. The van der Waals surface area contributed by atoms with Crippen LogP contribution in [0.3, 0.4) is 0 Å². The van der Waals surface area contributed by atoms with Crippen molar-refractivity contribution in [2.24, 2.45) is 0 Å². The van der Waals surface area contributed by atoms with Gasteiger partial charge in [0.15, 0.2) is 0 Å². The van der Waals surface area contributed by atoms with Crippen molar-refractivity contribution in [3.05, 3.63) is 102 Å². The summed E-state index contributed by atoms with van der Waals surface area (Å²) >= 11 is 1.50. The van der Waals surface area contributed by atoms with Crippen molar-refractivity contribution in [1.29, 1.82) is 0 Å². The number of hydrogen-bond acceptors (Lipinski definition) is 5. The van der Waals surface area contributed by atoms with Gasteiger partial charge in [0.1, 0.15) is 4.83 Å². The minimum absolute atomic E-state index is 0.0244. The van der Waals surface area contributed by atoms with Gasteiger partial charge in [-0.1, -0.05) is 30.3 Å². The molecule has 5 rings (SSSR count). The summed E-state index contributed by atoms with van der Waals surface area (Å²) in [6, 6.07) is 15.2. The molecular weight excluding hydrogens is 414 g/mol. The number of aryl methyl sites for hydroxylation is 2. The van der Waals surface area contributed by atoms with Crippen LogP contribution in [0.25, 0.3) is 15.9 Å². The van der Waals surface area contributed by atoms with Crippen molar-refractivity contribution in [2.75, 3.05) is 0 Å². The molecule has 156 valence electrons. The van der Waals surface area contributed by atoms with E-state index >= 15 is 0 Å². The zero-order chi connectivity index (χ0) is 21.5. The lowest BCUT2D eigenvalue weighted by molar-refractivity contribution is -0.384. The lowest BCUT2D eigenvalue weighted by atomic mass is 9.97. The number of hydrogen-bond donors (Lipinski definition) is 0. The number of nitrogens with zero attached hydrogens (tertiary/aromatic N) is 3. The van der Waals surface area contributed by atoms with Crippen LogP contribution in [-0.4, -0.2) is 14.1 Å². The monoisotopic (exact) mass is 433 g/mol. The molecule has 0 aliphatic heterocycles. The zero-order valence-corrected chi connectivity index (χ0v) is 17.4. The van der Waals surface area contributed by atoms with Gasteiger partial charge in [0.25, 0.3) is 11.2 Å². The molecule has 0 fully saturated rings. The molecular formula is C23H19N3O4S. The predicted octanol–water partition coefficient (Wildman–Crippen LogP) is 4.05. The number of nitro groups is 1. The number of rotatable bonds is 4. The third-order valence-corrected chi connectivity index (χ3v) is 7.03. The van der Waals surface area contributed by atoms with E-state index < -0.39 is 10.6 Å². The second-order valence-corrected chi connectivity index (χ2v) is 8.75. The third-order valence-electron chi connectivity index (χ3n) is 5.71. The van der Waals surface area contributed by atoms with E-state index in [0.717, 1.165) is 36.1 Å². The number of para-hydroxylation sites is 1. The Balaban J connectivity index is 1.80. The van der Waals surface area contributed by atoms with Gasteiger partial charge in [0.2, 0.25) is 0 Å². The molecule has 2 aromatic heterocycles. The summed E-state index contributed by atoms with van der Waals surface area (Å²) < 4.78 is 2.81. The first-order valence-electron chi connectivity index (χ1n) is 10.1. The van der Waals surface area contributed by atoms with E-state index in [9.17, 15) is 19.7 Å². The van der Waals surface area contributed by atoms with Crippen molar-refractivity contribution in [2.45, 2.75) is 32.2 Å². The van der Waals surface area contributed by atoms with Gasteiger partial charge in [-0.15, -0.1) is 11.3 Å². The smallest absolute Gasteiger partial charge is 0.279 e. The molecule has 1 aliphatic carbocycles. The first-order valence-corrected chi connectivity index (χ1v) is 10.9. The molecule has 2 heterocycles. The van der Waals surface area contributed by atoms with E-state index in [0.29, 0.717) is 21.5 Å². The summed E-state index contributed by atoms with van der Waals surface area (Å²) in [5.74, 6) is 0. The van der Waals surface area contributed by atoms with Crippen molar-refractivity contribution < 1.29 is 4.92 Å². The molecule has 0 bridgehead atoms. The average Bonchev–Trinajstić information content (AvgIpc) is 3.17. The number of fused-ring (bicyclic) bond motifs is 3. The van der Waals surface area contributed by atoms with Crippen LogP contribution < -0.4 is 11.2 Å². The highest BCUT2D eigenvalue weighted by Crippen LogP contribution is 2.34. The molecule has 0 unspecified atom stereocenters. The maximum atomic E-state index is 13.5. The predicted molar refractivity (Wildman–Crippen MR) is 121 cm³/mol. The zero-order valence-electron chi connectivity index (χ0n) is 16.6. The molecule has 31 heavy (non-hydrogen) atoms. The van der Waals surface area contributed by atoms with Gasteiger partial charge in [-0.2, -0.15) is 0 Å². The van der Waals surface area contributed by atoms with E-state index in [4.69, 9.17) is 0 Å². The highest BCUT2D eigenvalue weighted by molar-refractivity contribution is 7.18. The molecule has 1 aliphatic rings. The normalized spacial score (nSPS) is 13.3. The molecule has 2 aromatic carbocycles. The summed E-state index contributed by atoms with van der Waals surface area (Å²) in [5, 5.41) is 11.8. The van der Waals surface area contributed by atoms with Crippen LogP contribution >= 0.6 is 11.3 Å². The molecule has 0 N–H and O–H groups in total. The van der Waals surface area contributed by atoms with Crippen LogP contribution in [0.4, 0.5) is 5.69 Å². The summed E-state index contributed by atoms with van der Waals surface area (Å²) in [7, 11) is 0. The van der Waals surface area contributed by atoms with E-state index in [1.165, 1.54) is 28.0 Å². The topological polar surface area (TPSA) is 87.1 Å². The lowest BCUT2D eigenvalue weighted by Gasteiger charge is -2.13. The van der Waals surface area contributed by atoms with Crippen molar-refractivity contribution >= 4 is 27.2 Å². The lowest BCUT2D eigenvalue weighted by Crippen LogP contribution is -2.39. The van der Waals surface area contributed by atoms with Gasteiger partial charge in [0, 0.05) is 17.0 Å². The number of thiophene rings is 1. The highest BCUT2D eigenvalue weighted by Gasteiger charge is 2.24. The Morgan fingerprint density at radius 2 is 1.77 bits per heavy atom. The number of non-ortho nitro benzene ring substituents is 1. The SMILES string of the molecule is O=c1c2c3c(sc2n(Cc2cccc([N+](=O)[O-])c2)c(=O)n1-c1ccccc1)CCCC3. The van der Waals surface area contributed by atoms with Gasteiger partial charge in [0.05, 0.1) is 22.5 Å². The van der Waals surface area contributed by atoms with Crippen molar-refractivity contribution in [3.63, 3.8) is 0 Å². The second kappa shape index (κ2) is 7.63. The second-order valence-electron chi connectivity index (χ2n) is 7.66. The van der Waals surface area contributed by atoms with Crippen LogP contribution in [0, 0.1) is 10.1 Å². The van der Waals surface area contributed by atoms with Crippen molar-refractivity contribution in [1.82, 2.24) is 9.13 Å².